The van der Waals surface area contributed by atoms with Crippen LogP contribution in [0.15, 0.2) is 46.0 Å². The minimum Gasteiger partial charge on any atom is -0.355 e. The number of para-hydroxylation sites is 2. The molecule has 1 aromatic carbocycles. The number of imidazole rings is 1. The zero-order chi connectivity index (χ0) is 19.4. The fraction of sp³-hybridized carbons (Fsp3) is 0.333. The maximum atomic E-state index is 12.2. The van der Waals surface area contributed by atoms with E-state index in [0.29, 0.717) is 6.54 Å². The van der Waals surface area contributed by atoms with Crippen molar-refractivity contribution in [1.29, 1.82) is 0 Å². The van der Waals surface area contributed by atoms with Gasteiger partial charge in [0.05, 0.1) is 17.1 Å². The number of aromatic nitrogens is 2. The fourth-order valence-corrected chi connectivity index (χ4v) is 5.05. The lowest BCUT2D eigenvalue weighted by Gasteiger charge is -2.14. The van der Waals surface area contributed by atoms with E-state index in [0.717, 1.165) is 41.2 Å². The highest BCUT2D eigenvalue weighted by molar-refractivity contribution is 7.91. The van der Waals surface area contributed by atoms with Crippen molar-refractivity contribution in [2.45, 2.75) is 37.1 Å². The van der Waals surface area contributed by atoms with Gasteiger partial charge in [-0.05, 0) is 43.8 Å². The number of fused-ring (bicyclic) bond motifs is 1. The molecular formula is C18H22N4O3S2. The van der Waals surface area contributed by atoms with E-state index in [1.807, 2.05) is 31.2 Å². The van der Waals surface area contributed by atoms with Crippen LogP contribution < -0.4 is 10.0 Å². The monoisotopic (exact) mass is 406 g/mol. The highest BCUT2D eigenvalue weighted by atomic mass is 32.2. The first-order valence-electron chi connectivity index (χ1n) is 8.64. The summed E-state index contributed by atoms with van der Waals surface area (Å²) in [5, 5.41) is 4.47. The van der Waals surface area contributed by atoms with E-state index in [9.17, 15) is 13.2 Å². The summed E-state index contributed by atoms with van der Waals surface area (Å²) in [5.41, 5.74) is 2.02. The molecular weight excluding hydrogens is 384 g/mol. The Morgan fingerprint density at radius 1 is 1.26 bits per heavy atom. The molecule has 2 heterocycles. The van der Waals surface area contributed by atoms with Crippen molar-refractivity contribution < 1.29 is 13.2 Å². The number of hydrogen-bond acceptors (Lipinski definition) is 5. The number of aryl methyl sites for hydroxylation is 2. The lowest BCUT2D eigenvalue weighted by Crippen LogP contribution is -2.44. The predicted molar refractivity (Wildman–Crippen MR) is 106 cm³/mol. The van der Waals surface area contributed by atoms with Crippen LogP contribution in [0.3, 0.4) is 0 Å². The second-order valence-corrected chi connectivity index (χ2v) is 9.11. The molecule has 2 aromatic heterocycles. The van der Waals surface area contributed by atoms with Gasteiger partial charge in [0, 0.05) is 13.1 Å². The number of thiophene rings is 1. The second-order valence-electron chi connectivity index (χ2n) is 6.22. The summed E-state index contributed by atoms with van der Waals surface area (Å²) >= 11 is 1.11. The number of benzene rings is 1. The Balaban J connectivity index is 1.50. The van der Waals surface area contributed by atoms with Crippen molar-refractivity contribution in [1.82, 2.24) is 19.6 Å². The smallest absolute Gasteiger partial charge is 0.250 e. The van der Waals surface area contributed by atoms with Gasteiger partial charge in [-0.15, -0.1) is 11.3 Å². The van der Waals surface area contributed by atoms with Crippen LogP contribution in [0.5, 0.6) is 0 Å². The van der Waals surface area contributed by atoms with Gasteiger partial charge >= 0.3 is 0 Å². The van der Waals surface area contributed by atoms with Gasteiger partial charge in [-0.25, -0.2) is 13.4 Å². The molecule has 0 aliphatic rings. The number of nitrogens with zero attached hydrogens (tertiary/aromatic N) is 2. The van der Waals surface area contributed by atoms with Crippen LogP contribution in [-0.2, 0) is 21.4 Å². The van der Waals surface area contributed by atoms with E-state index in [1.165, 1.54) is 13.0 Å². The quantitative estimate of drug-likeness (QED) is 0.561. The van der Waals surface area contributed by atoms with E-state index >= 15 is 0 Å². The molecule has 1 unspecified atom stereocenters. The van der Waals surface area contributed by atoms with Gasteiger partial charge in [0.15, 0.2) is 0 Å². The van der Waals surface area contributed by atoms with Crippen LogP contribution in [0.1, 0.15) is 19.2 Å². The van der Waals surface area contributed by atoms with Crippen molar-refractivity contribution in [3.05, 3.63) is 47.6 Å². The number of sulfonamides is 1. The Hall–Kier alpha value is -2.23. The van der Waals surface area contributed by atoms with Gasteiger partial charge in [-0.1, -0.05) is 18.2 Å². The number of amides is 1. The van der Waals surface area contributed by atoms with E-state index in [2.05, 4.69) is 19.6 Å². The SMILES string of the molecule is Cc1nc2ccccc2n1CCCNC(=O)C(C)NS(=O)(=O)c1cccs1. The first-order valence-corrected chi connectivity index (χ1v) is 11.0. The molecule has 0 fully saturated rings. The maximum Gasteiger partial charge on any atom is 0.250 e. The molecule has 0 aliphatic heterocycles. The Labute approximate surface area is 162 Å². The van der Waals surface area contributed by atoms with Gasteiger partial charge < -0.3 is 9.88 Å². The van der Waals surface area contributed by atoms with Crippen LogP contribution in [0.4, 0.5) is 0 Å². The average Bonchev–Trinajstić information content (AvgIpc) is 3.26. The Morgan fingerprint density at radius 2 is 2.04 bits per heavy atom. The molecule has 0 saturated heterocycles. The number of hydrogen-bond donors (Lipinski definition) is 2. The summed E-state index contributed by atoms with van der Waals surface area (Å²) in [4.78, 5) is 16.7. The van der Waals surface area contributed by atoms with E-state index in [-0.39, 0.29) is 10.1 Å². The number of carbonyl (C=O) groups excluding carboxylic acids is 1. The minimum atomic E-state index is -3.66. The van der Waals surface area contributed by atoms with Crippen molar-refractivity contribution in [2.75, 3.05) is 6.54 Å². The van der Waals surface area contributed by atoms with Crippen LogP contribution >= 0.6 is 11.3 Å². The topological polar surface area (TPSA) is 93.1 Å². The van der Waals surface area contributed by atoms with Crippen LogP contribution in [0, 0.1) is 6.92 Å². The summed E-state index contributed by atoms with van der Waals surface area (Å²) in [6.07, 6.45) is 0.720. The average molecular weight is 407 g/mol. The van der Waals surface area contributed by atoms with Crippen LogP contribution in [0.2, 0.25) is 0 Å². The molecule has 7 nitrogen and oxygen atoms in total. The van der Waals surface area contributed by atoms with Gasteiger partial charge in [0.25, 0.3) is 10.0 Å². The zero-order valence-electron chi connectivity index (χ0n) is 15.2. The van der Waals surface area contributed by atoms with E-state index in [1.54, 1.807) is 11.4 Å². The molecule has 1 amide bonds. The maximum absolute atomic E-state index is 12.2. The zero-order valence-corrected chi connectivity index (χ0v) is 16.8. The summed E-state index contributed by atoms with van der Waals surface area (Å²) in [5.74, 6) is 0.585. The fourth-order valence-electron chi connectivity index (χ4n) is 2.84. The van der Waals surface area contributed by atoms with Crippen molar-refractivity contribution >= 4 is 38.3 Å². The molecule has 144 valence electrons. The molecule has 0 saturated carbocycles. The molecule has 0 radical (unpaired) electrons. The third-order valence-corrected chi connectivity index (χ3v) is 7.13. The number of rotatable bonds is 8. The van der Waals surface area contributed by atoms with Crippen LogP contribution in [0.25, 0.3) is 11.0 Å². The normalized spacial score (nSPS) is 13.0. The van der Waals surface area contributed by atoms with Crippen LogP contribution in [-0.4, -0.2) is 36.5 Å². The summed E-state index contributed by atoms with van der Waals surface area (Å²) in [7, 11) is -3.66. The third kappa shape index (κ3) is 4.55. The minimum absolute atomic E-state index is 0.199. The van der Waals surface area contributed by atoms with Crippen molar-refractivity contribution in [3.8, 4) is 0 Å². The molecule has 0 spiro atoms. The molecule has 2 N–H and O–H groups in total. The predicted octanol–water partition coefficient (Wildman–Crippen LogP) is 2.28. The molecule has 1 atom stereocenters. The van der Waals surface area contributed by atoms with E-state index < -0.39 is 16.1 Å². The molecule has 3 aromatic rings. The number of carbonyl (C=O) groups is 1. The Morgan fingerprint density at radius 3 is 2.78 bits per heavy atom. The molecule has 27 heavy (non-hydrogen) atoms. The van der Waals surface area contributed by atoms with Crippen molar-refractivity contribution in [3.63, 3.8) is 0 Å². The standard InChI is InChI=1S/C18H22N4O3S2/c1-13(21-27(24,25)17-9-5-12-26-17)18(23)19-10-6-11-22-14(2)20-15-7-3-4-8-16(15)22/h3-5,7-9,12-13,21H,6,10-11H2,1-2H3,(H,19,23). The molecule has 9 heteroatoms. The second kappa shape index (κ2) is 8.20. The largest absolute Gasteiger partial charge is 0.355 e. The Bertz CT molecular complexity index is 1030. The van der Waals surface area contributed by atoms with Gasteiger partial charge in [-0.2, -0.15) is 4.72 Å². The molecule has 0 aliphatic carbocycles. The summed E-state index contributed by atoms with van der Waals surface area (Å²) < 4.78 is 29.0. The van der Waals surface area contributed by atoms with Gasteiger partial charge in [0.2, 0.25) is 5.91 Å². The van der Waals surface area contributed by atoms with Gasteiger partial charge in [-0.3, -0.25) is 4.79 Å². The Kier molecular flexibility index (Phi) is 5.93. The highest BCUT2D eigenvalue weighted by Crippen LogP contribution is 2.16. The summed E-state index contributed by atoms with van der Waals surface area (Å²) in [6, 6.07) is 10.3. The highest BCUT2D eigenvalue weighted by Gasteiger charge is 2.22. The molecule has 3 rings (SSSR count). The molecule has 0 bridgehead atoms. The first kappa shape index (κ1) is 19.5. The lowest BCUT2D eigenvalue weighted by molar-refractivity contribution is -0.122. The third-order valence-electron chi connectivity index (χ3n) is 4.19. The van der Waals surface area contributed by atoms with Crippen molar-refractivity contribution in [2.24, 2.45) is 0 Å². The lowest BCUT2D eigenvalue weighted by atomic mass is 10.3. The van der Waals surface area contributed by atoms with E-state index in [4.69, 9.17) is 0 Å². The van der Waals surface area contributed by atoms with Gasteiger partial charge in [0.1, 0.15) is 10.0 Å². The number of nitrogens with one attached hydrogen (secondary N) is 2. The first-order chi connectivity index (χ1) is 12.9. The summed E-state index contributed by atoms with van der Waals surface area (Å²) in [6.45, 7) is 4.67.